The molecule has 9 aliphatic rings. The second-order valence-electron chi connectivity index (χ2n) is 18.6. The van der Waals surface area contributed by atoms with Crippen LogP contribution in [-0.2, 0) is 16.6 Å². The Morgan fingerprint density at radius 1 is 0.883 bits per heavy atom. The van der Waals surface area contributed by atoms with Gasteiger partial charge >= 0.3 is 0 Å². The van der Waals surface area contributed by atoms with E-state index in [-0.39, 0.29) is 41.2 Å². The summed E-state index contributed by atoms with van der Waals surface area (Å²) in [5.74, 6) is 2.76. The van der Waals surface area contributed by atoms with Crippen molar-refractivity contribution in [2.45, 2.75) is 89.2 Å². The third-order valence-corrected chi connectivity index (χ3v) is 15.8. The number of fused-ring (bicyclic) bond motifs is 9. The monoisotopic (exact) mass is 804 g/mol. The Balaban J connectivity index is 0.879. The molecule has 3 aromatic rings. The van der Waals surface area contributed by atoms with Gasteiger partial charge in [0.15, 0.2) is 0 Å². The number of benzene rings is 2. The van der Waals surface area contributed by atoms with Gasteiger partial charge in [0.05, 0.1) is 17.4 Å². The van der Waals surface area contributed by atoms with E-state index in [2.05, 4.69) is 176 Å². The summed E-state index contributed by atoms with van der Waals surface area (Å²) in [6.45, 7) is 7.12. The summed E-state index contributed by atoms with van der Waals surface area (Å²) < 4.78 is 8.51. The van der Waals surface area contributed by atoms with Crippen molar-refractivity contribution in [1.82, 2.24) is 10.6 Å². The number of amidine groups is 1. The number of ether oxygens (including phenoxy) is 1. The Morgan fingerprint density at radius 3 is 2.65 bits per heavy atom. The van der Waals surface area contributed by atoms with Gasteiger partial charge in [0.25, 0.3) is 0 Å². The van der Waals surface area contributed by atoms with E-state index in [1.54, 1.807) is 0 Å². The lowest BCUT2D eigenvalue weighted by atomic mass is 9.74. The Kier molecular flexibility index (Phi) is 8.38. The molecule has 6 aliphatic carbocycles. The van der Waals surface area contributed by atoms with Gasteiger partial charge in [0.2, 0.25) is 0 Å². The van der Waals surface area contributed by atoms with Gasteiger partial charge in [-0.15, -0.1) is 11.3 Å². The number of nitrogens with one attached hydrogen (secondary N) is 2. The van der Waals surface area contributed by atoms with Crippen LogP contribution >= 0.6 is 11.3 Å². The fourth-order valence-electron chi connectivity index (χ4n) is 11.4. The quantitative estimate of drug-likeness (QED) is 0.270. The molecule has 5 nitrogen and oxygen atoms in total. The zero-order chi connectivity index (χ0) is 40.2. The first-order valence-corrected chi connectivity index (χ1v) is 23.0. The van der Waals surface area contributed by atoms with Gasteiger partial charge in [-0.3, -0.25) is 5.32 Å². The minimum absolute atomic E-state index is 0.0564. The maximum absolute atomic E-state index is 7.06. The largest absolute Gasteiger partial charge is 0.489 e. The Bertz CT molecular complexity index is 2720. The van der Waals surface area contributed by atoms with E-state index in [1.165, 1.54) is 65.3 Å². The predicted octanol–water partition coefficient (Wildman–Crippen LogP) is 12.0. The average molecular weight is 805 g/mol. The van der Waals surface area contributed by atoms with Crippen molar-refractivity contribution in [2.75, 3.05) is 4.90 Å². The number of nitrogens with zero attached hydrogens (tertiary/aromatic N) is 2. The highest BCUT2D eigenvalue weighted by atomic mass is 32.1. The number of anilines is 1. The van der Waals surface area contributed by atoms with Crippen LogP contribution in [0.1, 0.15) is 86.2 Å². The summed E-state index contributed by atoms with van der Waals surface area (Å²) in [7, 11) is 0. The molecule has 0 fully saturated rings. The minimum Gasteiger partial charge on any atom is -0.489 e. The van der Waals surface area contributed by atoms with E-state index < -0.39 is 0 Å². The van der Waals surface area contributed by atoms with Crippen LogP contribution in [0.25, 0.3) is 21.7 Å². The molecule has 0 saturated heterocycles. The summed E-state index contributed by atoms with van der Waals surface area (Å²) in [4.78, 5) is 9.56. The lowest BCUT2D eigenvalue weighted by Gasteiger charge is -2.40. The molecule has 0 saturated carbocycles. The fraction of sp³-hybridized carbons (Fsp3) is 0.315. The summed E-state index contributed by atoms with van der Waals surface area (Å²) >= 11 is 1.99. The fourth-order valence-corrected chi connectivity index (χ4v) is 12.8. The molecule has 0 amide bonds. The average Bonchev–Trinajstić information content (AvgIpc) is 3.93. The van der Waals surface area contributed by atoms with Crippen molar-refractivity contribution in [3.05, 3.63) is 183 Å². The zero-order valence-corrected chi connectivity index (χ0v) is 35.5. The molecule has 6 heteroatoms. The summed E-state index contributed by atoms with van der Waals surface area (Å²) in [5.41, 5.74) is 11.6. The first-order chi connectivity index (χ1) is 29.3. The molecule has 8 unspecified atom stereocenters. The highest BCUT2D eigenvalue weighted by Crippen LogP contribution is 2.58. The van der Waals surface area contributed by atoms with Crippen LogP contribution in [0.15, 0.2) is 161 Å². The van der Waals surface area contributed by atoms with E-state index in [4.69, 9.17) is 9.73 Å². The number of hydrogen-bond acceptors (Lipinski definition) is 6. The van der Waals surface area contributed by atoms with Gasteiger partial charge in [-0.25, -0.2) is 4.99 Å². The zero-order valence-electron chi connectivity index (χ0n) is 34.7. The summed E-state index contributed by atoms with van der Waals surface area (Å²) in [5, 5.41) is 9.21. The molecule has 8 atom stereocenters. The molecular formula is C54H52N4OS. The minimum atomic E-state index is -0.373. The van der Waals surface area contributed by atoms with E-state index >= 15 is 0 Å². The molecule has 0 spiro atoms. The van der Waals surface area contributed by atoms with Crippen LogP contribution in [0.3, 0.4) is 0 Å². The lowest BCUT2D eigenvalue weighted by molar-refractivity contribution is 0.146. The molecule has 3 aliphatic heterocycles. The van der Waals surface area contributed by atoms with Crippen LogP contribution in [0.2, 0.25) is 0 Å². The second kappa shape index (κ2) is 13.8. The van der Waals surface area contributed by atoms with Crippen LogP contribution in [0, 0.1) is 17.3 Å². The molecule has 60 heavy (non-hydrogen) atoms. The number of hydrogen-bond donors (Lipinski definition) is 2. The van der Waals surface area contributed by atoms with Gasteiger partial charge in [0, 0.05) is 43.9 Å². The highest BCUT2D eigenvalue weighted by molar-refractivity contribution is 7.20. The smallest absolute Gasteiger partial charge is 0.129 e. The Morgan fingerprint density at radius 2 is 1.80 bits per heavy atom. The van der Waals surface area contributed by atoms with Gasteiger partial charge in [0.1, 0.15) is 30.0 Å². The molecule has 0 bridgehead atoms. The molecule has 4 heterocycles. The van der Waals surface area contributed by atoms with Gasteiger partial charge in [-0.1, -0.05) is 122 Å². The van der Waals surface area contributed by atoms with Crippen LogP contribution < -0.4 is 15.5 Å². The van der Waals surface area contributed by atoms with E-state index in [1.807, 2.05) is 11.3 Å². The van der Waals surface area contributed by atoms with Crippen molar-refractivity contribution >= 4 is 44.6 Å². The lowest BCUT2D eigenvalue weighted by Crippen LogP contribution is -2.53. The third kappa shape index (κ3) is 5.63. The predicted molar refractivity (Wildman–Crippen MR) is 250 cm³/mol. The van der Waals surface area contributed by atoms with Gasteiger partial charge in [-0.05, 0) is 109 Å². The first-order valence-electron chi connectivity index (χ1n) is 22.2. The maximum atomic E-state index is 7.06. The van der Waals surface area contributed by atoms with Crippen LogP contribution in [0.4, 0.5) is 5.69 Å². The van der Waals surface area contributed by atoms with Crippen molar-refractivity contribution < 1.29 is 4.74 Å². The number of rotatable bonds is 5. The van der Waals surface area contributed by atoms with E-state index in [9.17, 15) is 0 Å². The highest BCUT2D eigenvalue weighted by Gasteiger charge is 2.53. The normalized spacial score (nSPS) is 33.0. The first kappa shape index (κ1) is 36.4. The SMILES string of the molecule is CC1C=Cc2sc3c4c(ccc3c2C1)N(C1=CC=CC2OC3=C(C=CC(C)(C5=NC(C6=CCCC=C6)NC(c6ccc(C7=CC=CCC7)cc6)N5)C3)C12)C1C=CC=CC41C. The topological polar surface area (TPSA) is 48.9 Å². The van der Waals surface area contributed by atoms with Crippen LogP contribution in [-0.4, -0.2) is 24.1 Å². The standard InChI is InChI=1S/C54H52N4OS/c1-33-20-27-45-40(31-33)38-25-26-42-48(49(38)60-45)54(3)29-11-10-19-46(54)58(42)41-17-12-18-43-47(41)39-28-30-53(2,32-44(39)59-43)52-56-50(36-15-8-5-9-16-36)55-51(57-52)37-23-21-35(22-24-37)34-13-6-4-7-14-34/h4,6,8,10-13,15-30,33,43,46-47,50-51,55H,5,7,9,14,31-32H2,1-3H3,(H,56,57). The summed E-state index contributed by atoms with van der Waals surface area (Å²) in [6, 6.07) is 14.1. The van der Waals surface area contributed by atoms with Crippen molar-refractivity contribution in [2.24, 2.45) is 22.2 Å². The Labute approximate surface area is 358 Å². The molecule has 1 aromatic heterocycles. The third-order valence-electron chi connectivity index (χ3n) is 14.6. The summed E-state index contributed by atoms with van der Waals surface area (Å²) in [6.07, 6.45) is 45.3. The molecule has 12 rings (SSSR count). The molecule has 2 N–H and O–H groups in total. The van der Waals surface area contributed by atoms with Crippen LogP contribution in [0.5, 0.6) is 0 Å². The number of aliphatic imine (C=N–C) groups is 1. The van der Waals surface area contributed by atoms with Crippen molar-refractivity contribution in [3.8, 4) is 0 Å². The Hall–Kier alpha value is -5.43. The maximum Gasteiger partial charge on any atom is 0.129 e. The molecule has 0 radical (unpaired) electrons. The molecule has 2 aromatic carbocycles. The van der Waals surface area contributed by atoms with Crippen molar-refractivity contribution in [1.29, 1.82) is 0 Å². The number of thiophene rings is 1. The molecule has 300 valence electrons. The number of allylic oxidation sites excluding steroid dienone is 13. The van der Waals surface area contributed by atoms with Gasteiger partial charge in [-0.2, -0.15) is 0 Å². The van der Waals surface area contributed by atoms with Crippen molar-refractivity contribution in [3.63, 3.8) is 0 Å². The van der Waals surface area contributed by atoms with Gasteiger partial charge < -0.3 is 15.0 Å². The second-order valence-corrected chi connectivity index (χ2v) is 19.6. The van der Waals surface area contributed by atoms with E-state index in [0.717, 1.165) is 50.1 Å². The molecular weight excluding hydrogens is 753 g/mol. The van der Waals surface area contributed by atoms with E-state index in [0.29, 0.717) is 5.92 Å².